The van der Waals surface area contributed by atoms with Gasteiger partial charge in [-0.15, -0.1) is 0 Å². The van der Waals surface area contributed by atoms with Crippen molar-refractivity contribution in [2.75, 3.05) is 6.61 Å². The van der Waals surface area contributed by atoms with Gasteiger partial charge < -0.3 is 19.3 Å². The Kier molecular flexibility index (Phi) is 11.4. The number of rotatable bonds is 15. The first-order valence-corrected chi connectivity index (χ1v) is 16.0. The molecule has 0 radical (unpaired) electrons. The van der Waals surface area contributed by atoms with Crippen molar-refractivity contribution >= 4 is 13.8 Å². The third kappa shape index (κ3) is 8.29. The Morgan fingerprint density at radius 2 is 1.90 bits per heavy atom. The number of unbranched alkanes of at least 4 members (excludes halogenated alkanes) is 4. The summed E-state index contributed by atoms with van der Waals surface area (Å²) in [6.45, 7) is 12.4. The molecule has 218 valence electrons. The summed E-state index contributed by atoms with van der Waals surface area (Å²) in [6, 6.07) is 3.53. The minimum absolute atomic E-state index is 0.0301. The second-order valence-electron chi connectivity index (χ2n) is 11.3. The summed E-state index contributed by atoms with van der Waals surface area (Å²) in [4.78, 5) is 26.2. The van der Waals surface area contributed by atoms with Crippen molar-refractivity contribution in [2.24, 2.45) is 5.92 Å². The zero-order chi connectivity index (χ0) is 28.6. The lowest BCUT2D eigenvalue weighted by atomic mass is 9.73. The molecule has 1 aromatic carbocycles. The first-order chi connectivity index (χ1) is 18.5. The summed E-state index contributed by atoms with van der Waals surface area (Å²) in [5.41, 5.74) is 1.95. The molecule has 39 heavy (non-hydrogen) atoms. The standard InChI is InChI=1S/C31H47O7P/c1-6-8-9-10-11-18-36-39(34,35)38-31(16-12-17-31)30(33)37-28-21-24(13-7-2)20-27(32)29(28)26-19-23(5)14-15-25(26)22(3)4/h19-21,25-26,32H,3,6-18H2,1-2,4-5H3,(H,34,35)/p-1/t25-,26+/m0/s1. The van der Waals surface area contributed by atoms with E-state index in [1.165, 1.54) is 5.57 Å². The number of carbonyl (C=O) groups excluding carboxylic acids is 1. The lowest BCUT2D eigenvalue weighted by Gasteiger charge is -2.42. The van der Waals surface area contributed by atoms with Crippen LogP contribution in [-0.2, 0) is 24.8 Å². The van der Waals surface area contributed by atoms with Crippen molar-refractivity contribution < 1.29 is 33.1 Å². The van der Waals surface area contributed by atoms with Crippen molar-refractivity contribution in [1.82, 2.24) is 0 Å². The molecule has 3 atom stereocenters. The van der Waals surface area contributed by atoms with Gasteiger partial charge in [-0.2, -0.15) is 0 Å². The number of carbonyl (C=O) groups is 1. The van der Waals surface area contributed by atoms with Crippen LogP contribution in [0.2, 0.25) is 0 Å². The zero-order valence-electron chi connectivity index (χ0n) is 24.1. The van der Waals surface area contributed by atoms with Gasteiger partial charge in [-0.1, -0.05) is 69.8 Å². The number of phosphoric ester groups is 1. The SMILES string of the molecule is C=C(C)[C@@H]1CCC(C)=C[C@H]1c1c(O)cc(CCC)cc1OC(=O)C1(OP(=O)([O-])OCCCCCCC)CCC1. The molecule has 1 N–H and O–H groups in total. The Bertz CT molecular complexity index is 1090. The van der Waals surface area contributed by atoms with Gasteiger partial charge in [0.2, 0.25) is 0 Å². The quantitative estimate of drug-likeness (QED) is 0.0770. The van der Waals surface area contributed by atoms with Crippen LogP contribution in [0, 0.1) is 5.92 Å². The number of phosphoric acid groups is 1. The third-order valence-electron chi connectivity index (χ3n) is 7.95. The van der Waals surface area contributed by atoms with Gasteiger partial charge in [0.15, 0.2) is 5.60 Å². The van der Waals surface area contributed by atoms with Gasteiger partial charge in [-0.25, -0.2) is 4.79 Å². The predicted octanol–water partition coefficient (Wildman–Crippen LogP) is 7.66. The number of phenols is 1. The monoisotopic (exact) mass is 561 g/mol. The van der Waals surface area contributed by atoms with E-state index in [4.69, 9.17) is 13.8 Å². The second kappa shape index (κ2) is 14.1. The molecule has 1 saturated carbocycles. The van der Waals surface area contributed by atoms with Gasteiger partial charge in [0.25, 0.3) is 7.82 Å². The molecule has 1 fully saturated rings. The smallest absolute Gasteiger partial charge is 0.344 e. The van der Waals surface area contributed by atoms with E-state index in [9.17, 15) is 19.4 Å². The molecule has 7 nitrogen and oxygen atoms in total. The fourth-order valence-electron chi connectivity index (χ4n) is 5.57. The van der Waals surface area contributed by atoms with Gasteiger partial charge in [-0.3, -0.25) is 9.09 Å². The number of ether oxygens (including phenoxy) is 1. The first-order valence-electron chi connectivity index (χ1n) is 14.6. The van der Waals surface area contributed by atoms with Gasteiger partial charge in [0.05, 0.1) is 6.61 Å². The van der Waals surface area contributed by atoms with E-state index in [1.807, 2.05) is 13.8 Å². The zero-order valence-corrected chi connectivity index (χ0v) is 25.0. The molecule has 0 aliphatic heterocycles. The van der Waals surface area contributed by atoms with E-state index in [1.54, 1.807) is 12.1 Å². The Hall–Kier alpha value is -1.92. The molecule has 0 bridgehead atoms. The summed E-state index contributed by atoms with van der Waals surface area (Å²) in [7, 11) is -4.71. The maximum Gasteiger partial charge on any atom is 0.344 e. The van der Waals surface area contributed by atoms with E-state index in [2.05, 4.69) is 26.5 Å². The summed E-state index contributed by atoms with van der Waals surface area (Å²) in [5.74, 6) is -0.590. The molecule has 2 aliphatic carbocycles. The molecular formula is C31H46O7P-. The minimum atomic E-state index is -4.71. The Morgan fingerprint density at radius 3 is 2.51 bits per heavy atom. The van der Waals surface area contributed by atoms with Gasteiger partial charge in [0.1, 0.15) is 11.5 Å². The van der Waals surface area contributed by atoms with E-state index in [0.717, 1.165) is 56.1 Å². The fraction of sp³-hybridized carbons (Fsp3) is 0.645. The highest BCUT2D eigenvalue weighted by Crippen LogP contribution is 2.52. The lowest BCUT2D eigenvalue weighted by molar-refractivity contribution is -0.243. The summed E-state index contributed by atoms with van der Waals surface area (Å²) < 4.78 is 29.1. The van der Waals surface area contributed by atoms with Crippen molar-refractivity contribution in [3.63, 3.8) is 0 Å². The van der Waals surface area contributed by atoms with Gasteiger partial charge >= 0.3 is 5.97 Å². The number of aromatic hydroxyl groups is 1. The van der Waals surface area contributed by atoms with Crippen molar-refractivity contribution in [3.05, 3.63) is 47.1 Å². The molecule has 8 heteroatoms. The number of esters is 1. The first kappa shape index (κ1) is 31.6. The lowest BCUT2D eigenvalue weighted by Crippen LogP contribution is -2.50. The molecule has 1 aromatic rings. The molecule has 0 spiro atoms. The topological polar surface area (TPSA) is 105 Å². The molecule has 0 heterocycles. The predicted molar refractivity (Wildman–Crippen MR) is 152 cm³/mol. The molecule has 0 aromatic heterocycles. The molecular weight excluding hydrogens is 515 g/mol. The number of benzene rings is 1. The van der Waals surface area contributed by atoms with E-state index < -0.39 is 19.4 Å². The minimum Gasteiger partial charge on any atom is -0.756 e. The molecule has 1 unspecified atom stereocenters. The average Bonchev–Trinajstić information content (AvgIpc) is 2.83. The molecule has 2 aliphatic rings. The largest absolute Gasteiger partial charge is 0.756 e. The normalized spacial score (nSPS) is 21.9. The fourth-order valence-corrected chi connectivity index (χ4v) is 6.66. The number of phenolic OH excluding ortho intramolecular Hbond substituents is 1. The number of hydrogen-bond acceptors (Lipinski definition) is 7. The van der Waals surface area contributed by atoms with Crippen LogP contribution in [0.25, 0.3) is 0 Å². The van der Waals surface area contributed by atoms with Crippen LogP contribution in [0.4, 0.5) is 0 Å². The Balaban J connectivity index is 1.85. The third-order valence-corrected chi connectivity index (χ3v) is 9.02. The van der Waals surface area contributed by atoms with Crippen LogP contribution >= 0.6 is 7.82 Å². The van der Waals surface area contributed by atoms with Crippen molar-refractivity contribution in [2.45, 2.75) is 116 Å². The average molecular weight is 562 g/mol. The highest BCUT2D eigenvalue weighted by atomic mass is 31.2. The van der Waals surface area contributed by atoms with Gasteiger partial charge in [-0.05, 0) is 82.4 Å². The summed E-state index contributed by atoms with van der Waals surface area (Å²) in [5, 5.41) is 11.2. The van der Waals surface area contributed by atoms with E-state index in [0.29, 0.717) is 24.8 Å². The van der Waals surface area contributed by atoms with Crippen molar-refractivity contribution in [1.29, 1.82) is 0 Å². The molecule has 0 saturated heterocycles. The number of hydrogen-bond donors (Lipinski definition) is 1. The maximum atomic E-state index is 13.6. The Labute approximate surface area is 234 Å². The molecule has 3 rings (SSSR count). The highest BCUT2D eigenvalue weighted by Gasteiger charge is 2.50. The maximum absolute atomic E-state index is 13.6. The van der Waals surface area contributed by atoms with Crippen molar-refractivity contribution in [3.8, 4) is 11.5 Å². The van der Waals surface area contributed by atoms with Gasteiger partial charge in [0, 0.05) is 11.5 Å². The molecule has 0 amide bonds. The van der Waals surface area contributed by atoms with Crippen LogP contribution in [0.5, 0.6) is 11.5 Å². The number of allylic oxidation sites excluding steroid dienone is 3. The van der Waals surface area contributed by atoms with Crippen LogP contribution in [0.1, 0.15) is 115 Å². The number of aryl methyl sites for hydroxylation is 1. The Morgan fingerprint density at radius 1 is 1.18 bits per heavy atom. The van der Waals surface area contributed by atoms with Crippen LogP contribution in [-0.4, -0.2) is 23.3 Å². The summed E-state index contributed by atoms with van der Waals surface area (Å²) in [6.07, 6.45) is 11.3. The van der Waals surface area contributed by atoms with Crippen LogP contribution < -0.4 is 9.63 Å². The highest BCUT2D eigenvalue weighted by molar-refractivity contribution is 7.46. The summed E-state index contributed by atoms with van der Waals surface area (Å²) >= 11 is 0. The van der Waals surface area contributed by atoms with Crippen LogP contribution in [0.3, 0.4) is 0 Å². The second-order valence-corrected chi connectivity index (χ2v) is 12.7. The van der Waals surface area contributed by atoms with E-state index in [-0.39, 0.29) is 42.8 Å². The van der Waals surface area contributed by atoms with E-state index >= 15 is 0 Å². The van der Waals surface area contributed by atoms with Crippen LogP contribution in [0.15, 0.2) is 35.9 Å².